The van der Waals surface area contributed by atoms with E-state index >= 15 is 0 Å². The van der Waals surface area contributed by atoms with Gasteiger partial charge in [-0.3, -0.25) is 4.57 Å². The molecule has 0 aliphatic rings. The summed E-state index contributed by atoms with van der Waals surface area (Å²) in [6.45, 7) is 4.06. The quantitative estimate of drug-likeness (QED) is 0.489. The fourth-order valence-corrected chi connectivity index (χ4v) is 4.12. The van der Waals surface area contributed by atoms with Gasteiger partial charge in [0, 0.05) is 23.8 Å². The summed E-state index contributed by atoms with van der Waals surface area (Å²) in [5.74, 6) is -0.174. The Morgan fingerprint density at radius 2 is 1.90 bits per heavy atom. The van der Waals surface area contributed by atoms with Gasteiger partial charge in [0.2, 0.25) is 5.16 Å². The SMILES string of the molecule is CCCN(C)C(=O)n1c(=O)n(Cc2ccc(Br)cc2)c2nc([S@](=N)(=O)CC)nc(N)c21. The van der Waals surface area contributed by atoms with Crippen molar-refractivity contribution in [2.24, 2.45) is 0 Å². The molecule has 1 aromatic carbocycles. The van der Waals surface area contributed by atoms with Crippen molar-refractivity contribution in [3.63, 3.8) is 0 Å². The first-order chi connectivity index (χ1) is 14.6. The summed E-state index contributed by atoms with van der Waals surface area (Å²) in [7, 11) is -1.69. The number of amides is 1. The van der Waals surface area contributed by atoms with E-state index in [2.05, 4.69) is 25.9 Å². The van der Waals surface area contributed by atoms with E-state index in [1.807, 2.05) is 31.2 Å². The van der Waals surface area contributed by atoms with Gasteiger partial charge < -0.3 is 10.6 Å². The molecule has 1 amide bonds. The molecule has 166 valence electrons. The fourth-order valence-electron chi connectivity index (χ4n) is 3.12. The highest BCUT2D eigenvalue weighted by molar-refractivity contribution is 9.10. The maximum atomic E-state index is 13.3. The third-order valence-corrected chi connectivity index (χ3v) is 6.92. The minimum atomic E-state index is -3.28. The Morgan fingerprint density at radius 3 is 2.48 bits per heavy atom. The number of carbonyl (C=O) groups is 1. The molecule has 0 saturated heterocycles. The summed E-state index contributed by atoms with van der Waals surface area (Å²) in [5.41, 5.74) is 6.39. The van der Waals surface area contributed by atoms with Crippen LogP contribution in [-0.4, -0.2) is 53.6 Å². The van der Waals surface area contributed by atoms with Crippen LogP contribution < -0.4 is 11.4 Å². The van der Waals surface area contributed by atoms with Crippen LogP contribution in [0.1, 0.15) is 25.8 Å². The molecule has 31 heavy (non-hydrogen) atoms. The topological polar surface area (TPSA) is 140 Å². The molecule has 3 N–H and O–H groups in total. The van der Waals surface area contributed by atoms with Crippen molar-refractivity contribution in [3.05, 3.63) is 44.8 Å². The molecule has 2 aromatic heterocycles. The average Bonchev–Trinajstić information content (AvgIpc) is 3.01. The van der Waals surface area contributed by atoms with Crippen LogP contribution in [0.5, 0.6) is 0 Å². The number of rotatable bonds is 6. The second-order valence-corrected chi connectivity index (χ2v) is 10.3. The molecule has 0 saturated carbocycles. The smallest absolute Gasteiger partial charge is 0.339 e. The van der Waals surface area contributed by atoms with Gasteiger partial charge in [-0.1, -0.05) is 41.9 Å². The number of hydrogen-bond acceptors (Lipinski definition) is 7. The Kier molecular flexibility index (Phi) is 6.51. The van der Waals surface area contributed by atoms with Crippen LogP contribution in [0.15, 0.2) is 38.7 Å². The first-order valence-corrected chi connectivity index (χ1v) is 12.2. The molecule has 0 bridgehead atoms. The Balaban J connectivity index is 2.32. The van der Waals surface area contributed by atoms with E-state index in [0.717, 1.165) is 14.6 Å². The number of fused-ring (bicyclic) bond motifs is 1. The molecule has 0 spiro atoms. The van der Waals surface area contributed by atoms with Gasteiger partial charge in [-0.05, 0) is 24.1 Å². The molecule has 0 aliphatic heterocycles. The molecule has 12 heteroatoms. The monoisotopic (exact) mass is 509 g/mol. The Labute approximate surface area is 188 Å². The number of nitrogens with two attached hydrogens (primary N) is 1. The lowest BCUT2D eigenvalue weighted by Gasteiger charge is -2.16. The number of benzene rings is 1. The predicted octanol–water partition coefficient (Wildman–Crippen LogP) is 2.72. The van der Waals surface area contributed by atoms with E-state index in [-0.39, 0.29) is 34.4 Å². The molecule has 2 heterocycles. The Hall–Kier alpha value is -2.73. The normalized spacial score (nSPS) is 13.3. The highest BCUT2D eigenvalue weighted by Crippen LogP contribution is 2.22. The summed E-state index contributed by atoms with van der Waals surface area (Å²) in [6, 6.07) is 6.77. The number of carbonyl (C=O) groups excluding carboxylic acids is 1. The lowest BCUT2D eigenvalue weighted by atomic mass is 10.2. The van der Waals surface area contributed by atoms with Crippen molar-refractivity contribution >= 4 is 48.7 Å². The van der Waals surface area contributed by atoms with E-state index in [1.54, 1.807) is 14.0 Å². The van der Waals surface area contributed by atoms with Crippen molar-refractivity contribution < 1.29 is 9.00 Å². The first kappa shape index (κ1) is 22.9. The van der Waals surface area contributed by atoms with Gasteiger partial charge in [0.1, 0.15) is 15.2 Å². The van der Waals surface area contributed by atoms with Crippen LogP contribution in [-0.2, 0) is 16.3 Å². The number of imidazole rings is 1. The zero-order valence-corrected chi connectivity index (χ0v) is 19.9. The number of nitrogens with one attached hydrogen (secondary N) is 1. The van der Waals surface area contributed by atoms with E-state index < -0.39 is 21.4 Å². The average molecular weight is 510 g/mol. The van der Waals surface area contributed by atoms with Gasteiger partial charge in [-0.25, -0.2) is 28.1 Å². The molecule has 0 aliphatic carbocycles. The number of aromatic nitrogens is 4. The summed E-state index contributed by atoms with van der Waals surface area (Å²) < 4.78 is 23.8. The minimum absolute atomic E-state index is 0.00618. The van der Waals surface area contributed by atoms with Crippen molar-refractivity contribution in [3.8, 4) is 0 Å². The molecule has 0 radical (unpaired) electrons. The molecule has 0 unspecified atom stereocenters. The lowest BCUT2D eigenvalue weighted by molar-refractivity contribution is 0.210. The van der Waals surface area contributed by atoms with E-state index in [9.17, 15) is 13.8 Å². The zero-order chi connectivity index (χ0) is 22.9. The second-order valence-electron chi connectivity index (χ2n) is 7.06. The Bertz CT molecular complexity index is 1300. The summed E-state index contributed by atoms with van der Waals surface area (Å²) in [5, 5.41) is -0.254. The van der Waals surface area contributed by atoms with Gasteiger partial charge in [0.25, 0.3) is 0 Å². The maximum absolute atomic E-state index is 13.3. The molecule has 0 fully saturated rings. The largest absolute Gasteiger partial charge is 0.382 e. The number of hydrogen-bond donors (Lipinski definition) is 2. The third-order valence-electron chi connectivity index (χ3n) is 4.81. The first-order valence-electron chi connectivity index (χ1n) is 9.65. The van der Waals surface area contributed by atoms with Crippen molar-refractivity contribution in [2.75, 3.05) is 25.1 Å². The van der Waals surface area contributed by atoms with Gasteiger partial charge in [0.15, 0.2) is 11.5 Å². The summed E-state index contributed by atoms with van der Waals surface area (Å²) in [4.78, 5) is 36.1. The molecular weight excluding hydrogens is 486 g/mol. The number of nitrogen functional groups attached to an aromatic ring is 1. The predicted molar refractivity (Wildman–Crippen MR) is 123 cm³/mol. The Morgan fingerprint density at radius 1 is 1.26 bits per heavy atom. The van der Waals surface area contributed by atoms with Crippen LogP contribution >= 0.6 is 15.9 Å². The third kappa shape index (κ3) is 4.35. The van der Waals surface area contributed by atoms with E-state index in [1.165, 1.54) is 9.47 Å². The van der Waals surface area contributed by atoms with Gasteiger partial charge in [0.05, 0.1) is 6.54 Å². The molecule has 10 nitrogen and oxygen atoms in total. The zero-order valence-electron chi connectivity index (χ0n) is 17.5. The van der Waals surface area contributed by atoms with Crippen LogP contribution in [0, 0.1) is 4.78 Å². The van der Waals surface area contributed by atoms with E-state index in [4.69, 9.17) is 10.5 Å². The highest BCUT2D eigenvalue weighted by Gasteiger charge is 2.27. The van der Waals surface area contributed by atoms with Gasteiger partial charge in [-0.15, -0.1) is 0 Å². The minimum Gasteiger partial charge on any atom is -0.382 e. The number of anilines is 1. The van der Waals surface area contributed by atoms with E-state index in [0.29, 0.717) is 13.0 Å². The summed E-state index contributed by atoms with van der Waals surface area (Å²) >= 11 is 3.37. The van der Waals surface area contributed by atoms with Crippen LogP contribution in [0.25, 0.3) is 11.2 Å². The van der Waals surface area contributed by atoms with Crippen LogP contribution in [0.3, 0.4) is 0 Å². The molecule has 1 atom stereocenters. The van der Waals surface area contributed by atoms with Crippen LogP contribution in [0.4, 0.5) is 10.6 Å². The van der Waals surface area contributed by atoms with Crippen LogP contribution in [0.2, 0.25) is 0 Å². The van der Waals surface area contributed by atoms with Crippen molar-refractivity contribution in [1.82, 2.24) is 24.0 Å². The molecule has 3 rings (SSSR count). The fraction of sp³-hybridized carbons (Fsp3) is 0.368. The lowest BCUT2D eigenvalue weighted by Crippen LogP contribution is -2.38. The molecular formula is C19H24BrN7O3S. The molecule has 3 aromatic rings. The summed E-state index contributed by atoms with van der Waals surface area (Å²) in [6.07, 6.45) is 0.710. The second kappa shape index (κ2) is 8.79. The highest BCUT2D eigenvalue weighted by atomic mass is 79.9. The van der Waals surface area contributed by atoms with Gasteiger partial charge >= 0.3 is 11.7 Å². The standard InChI is InChI=1S/C19H24BrN7O3S/c1-4-10-25(3)18(28)27-14-15(21)23-17(31(22,30)5-2)24-16(14)26(19(27)29)11-12-6-8-13(20)9-7-12/h6-9,22H,4-5,10-11H2,1-3H3,(H2,21,23,24)/t31-/m1/s1. The van der Waals surface area contributed by atoms with Crippen molar-refractivity contribution in [1.29, 1.82) is 4.78 Å². The van der Waals surface area contributed by atoms with Gasteiger partial charge in [-0.2, -0.15) is 4.98 Å². The number of halogens is 1. The number of nitrogens with zero attached hydrogens (tertiary/aromatic N) is 5. The maximum Gasteiger partial charge on any atom is 0.339 e. The van der Waals surface area contributed by atoms with Crippen molar-refractivity contribution in [2.45, 2.75) is 32.0 Å².